The minimum Gasteiger partial charge on any atom is -0.463 e. The summed E-state index contributed by atoms with van der Waals surface area (Å²) >= 11 is 0. The molecule has 1 aliphatic rings. The highest BCUT2D eigenvalue weighted by molar-refractivity contribution is 5.41. The number of anilines is 2. The lowest BCUT2D eigenvalue weighted by atomic mass is 10.0. The number of hydrogen-bond acceptors (Lipinski definition) is 7. The molecule has 1 fully saturated rings. The van der Waals surface area contributed by atoms with Gasteiger partial charge in [-0.3, -0.25) is 0 Å². The monoisotopic (exact) mass is 953 g/mol. The van der Waals surface area contributed by atoms with Crippen LogP contribution in [0, 0.1) is 0 Å². The Labute approximate surface area is 425 Å². The average molecular weight is 954 g/mol. The molecule has 0 radical (unpaired) electrons. The van der Waals surface area contributed by atoms with E-state index >= 15 is 0 Å². The molecule has 0 aromatic carbocycles. The second-order valence-electron chi connectivity index (χ2n) is 21.7. The van der Waals surface area contributed by atoms with Crippen LogP contribution in [0.3, 0.4) is 0 Å². The van der Waals surface area contributed by atoms with Crippen LogP contribution in [0.5, 0.6) is 6.01 Å². The normalized spacial score (nSPS) is 13.0. The molecule has 0 amide bonds. The first-order chi connectivity index (χ1) is 33.8. The van der Waals surface area contributed by atoms with Crippen molar-refractivity contribution in [3.05, 3.63) is 0 Å². The topological polar surface area (TPSA) is 66.4 Å². The zero-order valence-corrected chi connectivity index (χ0v) is 46.5. The zero-order valence-electron chi connectivity index (χ0n) is 46.5. The molecule has 1 N–H and O–H groups in total. The van der Waals surface area contributed by atoms with Crippen LogP contribution in [0.25, 0.3) is 0 Å². The fraction of sp³-hybridized carbons (Fsp3) is 0.951. The first-order valence-corrected chi connectivity index (χ1v) is 31.4. The Hall–Kier alpha value is -1.63. The largest absolute Gasteiger partial charge is 0.463 e. The third-order valence-electron chi connectivity index (χ3n) is 15.1. The summed E-state index contributed by atoms with van der Waals surface area (Å²) in [5, 5.41) is 3.51. The van der Waals surface area contributed by atoms with Gasteiger partial charge in [0.25, 0.3) is 0 Å². The van der Waals surface area contributed by atoms with Gasteiger partial charge in [-0.05, 0) is 19.3 Å². The summed E-state index contributed by atoms with van der Waals surface area (Å²) in [6, 6.07) is 0.536. The van der Waals surface area contributed by atoms with Crippen LogP contribution in [0.1, 0.15) is 329 Å². The van der Waals surface area contributed by atoms with Gasteiger partial charge in [0.05, 0.1) is 6.61 Å². The highest BCUT2D eigenvalue weighted by atomic mass is 16.5. The van der Waals surface area contributed by atoms with E-state index in [1.54, 1.807) is 0 Å². The van der Waals surface area contributed by atoms with E-state index in [9.17, 15) is 0 Å². The van der Waals surface area contributed by atoms with Gasteiger partial charge in [-0.1, -0.05) is 310 Å². The number of hydrogen-bond donors (Lipinski definition) is 1. The quantitative estimate of drug-likeness (QED) is 0.0653. The van der Waals surface area contributed by atoms with Crippen molar-refractivity contribution < 1.29 is 4.74 Å². The number of piperazine rings is 1. The van der Waals surface area contributed by atoms with Gasteiger partial charge in [0.15, 0.2) is 0 Å². The molecule has 400 valence electrons. The Morgan fingerprint density at radius 1 is 0.353 bits per heavy atom. The van der Waals surface area contributed by atoms with Crippen LogP contribution in [-0.2, 0) is 0 Å². The number of aromatic nitrogens is 3. The van der Waals surface area contributed by atoms with Crippen molar-refractivity contribution in [2.75, 3.05) is 55.7 Å². The molecule has 7 heteroatoms. The van der Waals surface area contributed by atoms with Crippen molar-refractivity contribution in [1.82, 2.24) is 20.3 Å². The predicted octanol–water partition coefficient (Wildman–Crippen LogP) is 19.3. The summed E-state index contributed by atoms with van der Waals surface area (Å²) in [5.41, 5.74) is 0. The van der Waals surface area contributed by atoms with Crippen molar-refractivity contribution in [3.8, 4) is 6.01 Å². The molecule has 0 aliphatic carbocycles. The number of rotatable bonds is 54. The Morgan fingerprint density at radius 3 is 0.941 bits per heavy atom. The van der Waals surface area contributed by atoms with Crippen LogP contribution < -0.4 is 19.9 Å². The summed E-state index contributed by atoms with van der Waals surface area (Å²) in [7, 11) is 0. The SMILES string of the molecule is CCCCCCCCCCCCCCCCCCOc1nc(N(CCCCCCCCCCCCCCCCCC)CCCCCCCCCCCCCCCCCC)nc(N2CCNCC2)n1. The molecule has 0 atom stereocenters. The van der Waals surface area contributed by atoms with Gasteiger partial charge in [-0.15, -0.1) is 0 Å². The molecule has 0 unspecified atom stereocenters. The van der Waals surface area contributed by atoms with E-state index < -0.39 is 0 Å². The Bertz CT molecular complexity index is 1110. The maximum Gasteiger partial charge on any atom is 0.323 e. The van der Waals surface area contributed by atoms with E-state index in [4.69, 9.17) is 19.7 Å². The first kappa shape index (κ1) is 62.5. The standard InChI is InChI=1S/C61H120N6O/c1-4-7-10-13-16-19-22-25-28-31-34-37-40-43-46-49-54-66(55-50-47-44-41-38-35-32-29-26-23-20-17-14-11-8-5-2)59-63-60(67-56-52-62-53-57-67)65-61(64-59)68-58-51-48-45-42-39-36-33-30-27-24-21-18-15-12-9-6-3/h62H,4-58H2,1-3H3. The third kappa shape index (κ3) is 39.0. The van der Waals surface area contributed by atoms with Crippen molar-refractivity contribution in [2.45, 2.75) is 329 Å². The zero-order chi connectivity index (χ0) is 48.3. The molecule has 68 heavy (non-hydrogen) atoms. The van der Waals surface area contributed by atoms with Crippen LogP contribution in [0.4, 0.5) is 11.9 Å². The highest BCUT2D eigenvalue weighted by Crippen LogP contribution is 2.22. The first-order valence-electron chi connectivity index (χ1n) is 31.4. The number of ether oxygens (including phenoxy) is 1. The lowest BCUT2D eigenvalue weighted by Gasteiger charge is -2.29. The Morgan fingerprint density at radius 2 is 0.632 bits per heavy atom. The molecule has 1 aromatic heterocycles. The number of unbranched alkanes of at least 4 members (excludes halogenated alkanes) is 45. The van der Waals surface area contributed by atoms with Gasteiger partial charge in [0, 0.05) is 39.3 Å². The van der Waals surface area contributed by atoms with E-state index in [0.29, 0.717) is 12.6 Å². The molecule has 1 aromatic rings. The van der Waals surface area contributed by atoms with E-state index in [1.165, 1.54) is 302 Å². The smallest absolute Gasteiger partial charge is 0.323 e. The number of nitrogens with one attached hydrogen (secondary N) is 1. The second-order valence-corrected chi connectivity index (χ2v) is 21.7. The van der Waals surface area contributed by atoms with Gasteiger partial charge in [-0.25, -0.2) is 0 Å². The second kappa shape index (κ2) is 50.3. The van der Waals surface area contributed by atoms with Crippen LogP contribution in [0.2, 0.25) is 0 Å². The van der Waals surface area contributed by atoms with Crippen molar-refractivity contribution in [1.29, 1.82) is 0 Å². The molecule has 7 nitrogen and oxygen atoms in total. The molecule has 1 aliphatic heterocycles. The predicted molar refractivity (Wildman–Crippen MR) is 301 cm³/mol. The van der Waals surface area contributed by atoms with Crippen LogP contribution in [0.15, 0.2) is 0 Å². The summed E-state index contributed by atoms with van der Waals surface area (Å²) in [4.78, 5) is 20.0. The summed E-state index contributed by atoms with van der Waals surface area (Å²) in [6.07, 6.45) is 66.9. The minimum atomic E-state index is 0.536. The molecular formula is C61H120N6O. The highest BCUT2D eigenvalue weighted by Gasteiger charge is 2.20. The van der Waals surface area contributed by atoms with Crippen molar-refractivity contribution in [3.63, 3.8) is 0 Å². The summed E-state index contributed by atoms with van der Waals surface area (Å²) < 4.78 is 6.39. The third-order valence-corrected chi connectivity index (χ3v) is 15.1. The van der Waals surface area contributed by atoms with Crippen LogP contribution in [-0.4, -0.2) is 60.8 Å². The molecule has 0 spiro atoms. The van der Waals surface area contributed by atoms with Crippen LogP contribution >= 0.6 is 0 Å². The van der Waals surface area contributed by atoms with E-state index in [-0.39, 0.29) is 0 Å². The molecule has 0 saturated carbocycles. The molecule has 2 rings (SSSR count). The van der Waals surface area contributed by atoms with Gasteiger partial charge in [-0.2, -0.15) is 15.0 Å². The van der Waals surface area contributed by atoms with E-state index in [2.05, 4.69) is 35.9 Å². The van der Waals surface area contributed by atoms with Crippen molar-refractivity contribution in [2.24, 2.45) is 0 Å². The maximum absolute atomic E-state index is 6.39. The summed E-state index contributed by atoms with van der Waals surface area (Å²) in [6.45, 7) is 13.5. The average Bonchev–Trinajstić information content (AvgIpc) is 3.36. The van der Waals surface area contributed by atoms with Gasteiger partial charge < -0.3 is 19.9 Å². The van der Waals surface area contributed by atoms with Gasteiger partial charge in [0.1, 0.15) is 0 Å². The van der Waals surface area contributed by atoms with E-state index in [0.717, 1.165) is 57.6 Å². The fourth-order valence-corrected chi connectivity index (χ4v) is 10.4. The Balaban J connectivity index is 1.78. The minimum absolute atomic E-state index is 0.536. The fourth-order valence-electron chi connectivity index (χ4n) is 10.4. The number of nitrogens with zero attached hydrogens (tertiary/aromatic N) is 5. The molecule has 0 bridgehead atoms. The van der Waals surface area contributed by atoms with E-state index in [1.807, 2.05) is 0 Å². The lowest BCUT2D eigenvalue weighted by Crippen LogP contribution is -2.44. The Kier molecular flexibility index (Phi) is 46.2. The van der Waals surface area contributed by atoms with Crippen molar-refractivity contribution >= 4 is 11.9 Å². The van der Waals surface area contributed by atoms with Gasteiger partial charge in [0.2, 0.25) is 11.9 Å². The molecule has 2 heterocycles. The molecular weight excluding hydrogens is 833 g/mol. The van der Waals surface area contributed by atoms with Gasteiger partial charge >= 0.3 is 6.01 Å². The maximum atomic E-state index is 6.39. The lowest BCUT2D eigenvalue weighted by molar-refractivity contribution is 0.280. The molecule has 1 saturated heterocycles. The summed E-state index contributed by atoms with van der Waals surface area (Å²) in [5.74, 6) is 1.65.